The molecule has 1 atom stereocenters. The van der Waals surface area contributed by atoms with Crippen molar-refractivity contribution in [1.82, 2.24) is 15.5 Å². The number of aliphatic imine (C=N–C) groups is 1. The first-order valence-corrected chi connectivity index (χ1v) is 13.5. The van der Waals surface area contributed by atoms with Crippen LogP contribution in [0.3, 0.4) is 0 Å². The normalized spacial score (nSPS) is 21.3. The Balaban J connectivity index is 1.54. The maximum Gasteiger partial charge on any atom is 0.358 e. The monoisotopic (exact) mass is 576 g/mol. The minimum atomic E-state index is -1.23. The van der Waals surface area contributed by atoms with E-state index in [0.717, 1.165) is 6.07 Å². The van der Waals surface area contributed by atoms with E-state index in [1.54, 1.807) is 18.5 Å². The number of rotatable bonds is 7. The summed E-state index contributed by atoms with van der Waals surface area (Å²) in [6.07, 6.45) is 4.12. The number of hydrogen-bond acceptors (Lipinski definition) is 9. The van der Waals surface area contributed by atoms with Crippen molar-refractivity contribution in [3.05, 3.63) is 79.7 Å². The molecule has 0 spiro atoms. The Kier molecular flexibility index (Phi) is 7.76. The maximum atomic E-state index is 14.5. The molecule has 1 aromatic carbocycles. The SMILES string of the molecule is CCOC(=O)C1=C(C2CCC(c3cc(C(=O)O)no3)CC2)NC(c2nccs2)=NC1c1ccc(F)c(F)c1Cl. The molecule has 3 aromatic rings. The summed E-state index contributed by atoms with van der Waals surface area (Å²) >= 11 is 7.58. The average Bonchev–Trinajstić information content (AvgIpc) is 3.65. The number of aromatic carboxylic acids is 1. The largest absolute Gasteiger partial charge is 0.476 e. The Bertz CT molecular complexity index is 1460. The Morgan fingerprint density at radius 3 is 2.62 bits per heavy atom. The number of halogens is 3. The van der Waals surface area contributed by atoms with Crippen LogP contribution in [0.15, 0.2) is 50.6 Å². The third-order valence-electron chi connectivity index (χ3n) is 6.85. The van der Waals surface area contributed by atoms with E-state index in [9.17, 15) is 18.4 Å². The first-order chi connectivity index (χ1) is 18.8. The van der Waals surface area contributed by atoms with E-state index in [4.69, 9.17) is 26.0 Å². The fourth-order valence-corrected chi connectivity index (χ4v) is 5.84. The molecule has 2 aromatic heterocycles. The second-order valence-electron chi connectivity index (χ2n) is 9.12. The molecule has 1 aliphatic carbocycles. The van der Waals surface area contributed by atoms with Crippen molar-refractivity contribution in [2.24, 2.45) is 10.9 Å². The highest BCUT2D eigenvalue weighted by Gasteiger charge is 2.39. The Morgan fingerprint density at radius 1 is 1.23 bits per heavy atom. The molecule has 9 nitrogen and oxygen atoms in total. The number of aromatic nitrogens is 2. The lowest BCUT2D eigenvalue weighted by Gasteiger charge is -2.34. The molecule has 2 aliphatic rings. The molecule has 0 bridgehead atoms. The average molecular weight is 577 g/mol. The van der Waals surface area contributed by atoms with Gasteiger partial charge in [-0.2, -0.15) is 0 Å². The van der Waals surface area contributed by atoms with Gasteiger partial charge in [-0.15, -0.1) is 11.3 Å². The van der Waals surface area contributed by atoms with Gasteiger partial charge in [-0.3, -0.25) is 4.99 Å². The summed E-state index contributed by atoms with van der Waals surface area (Å²) in [4.78, 5) is 33.6. The van der Waals surface area contributed by atoms with Crippen LogP contribution in [0.1, 0.15) is 71.4 Å². The van der Waals surface area contributed by atoms with Gasteiger partial charge < -0.3 is 19.7 Å². The van der Waals surface area contributed by atoms with Gasteiger partial charge in [0.05, 0.1) is 17.2 Å². The van der Waals surface area contributed by atoms with Gasteiger partial charge in [-0.05, 0) is 44.6 Å². The second-order valence-corrected chi connectivity index (χ2v) is 10.4. The van der Waals surface area contributed by atoms with Crippen LogP contribution in [0.2, 0.25) is 5.02 Å². The van der Waals surface area contributed by atoms with Crippen molar-refractivity contribution in [3.63, 3.8) is 0 Å². The van der Waals surface area contributed by atoms with Gasteiger partial charge in [0.15, 0.2) is 28.2 Å². The van der Waals surface area contributed by atoms with Gasteiger partial charge in [0.2, 0.25) is 0 Å². The smallest absolute Gasteiger partial charge is 0.358 e. The predicted molar refractivity (Wildman–Crippen MR) is 138 cm³/mol. The quantitative estimate of drug-likeness (QED) is 0.273. The van der Waals surface area contributed by atoms with Gasteiger partial charge in [-0.25, -0.2) is 23.4 Å². The van der Waals surface area contributed by atoms with E-state index in [0.29, 0.717) is 48.0 Å². The molecule has 0 amide bonds. The highest BCUT2D eigenvalue weighted by Crippen LogP contribution is 2.44. The second kappa shape index (κ2) is 11.2. The van der Waals surface area contributed by atoms with Gasteiger partial charge in [-0.1, -0.05) is 22.8 Å². The molecule has 5 rings (SSSR count). The minimum Gasteiger partial charge on any atom is -0.476 e. The van der Waals surface area contributed by atoms with Crippen molar-refractivity contribution in [2.75, 3.05) is 6.61 Å². The van der Waals surface area contributed by atoms with Crippen molar-refractivity contribution < 1.29 is 32.7 Å². The van der Waals surface area contributed by atoms with Crippen LogP contribution in [-0.4, -0.2) is 39.6 Å². The summed E-state index contributed by atoms with van der Waals surface area (Å²) in [6, 6.07) is 2.64. The van der Waals surface area contributed by atoms with Crippen LogP contribution in [0.5, 0.6) is 0 Å². The van der Waals surface area contributed by atoms with E-state index in [2.05, 4.69) is 20.4 Å². The molecular formula is C26H23ClF2N4O5S. The van der Waals surface area contributed by atoms with E-state index in [-0.39, 0.29) is 35.3 Å². The van der Waals surface area contributed by atoms with E-state index in [1.807, 2.05) is 0 Å². The number of esters is 1. The zero-order valence-electron chi connectivity index (χ0n) is 20.6. The third kappa shape index (κ3) is 5.30. The molecule has 0 saturated heterocycles. The number of carboxylic acids is 1. The zero-order chi connectivity index (χ0) is 27.7. The highest BCUT2D eigenvalue weighted by molar-refractivity contribution is 7.11. The summed E-state index contributed by atoms with van der Waals surface area (Å²) in [5, 5.41) is 17.9. The molecule has 204 valence electrons. The number of allylic oxidation sites excluding steroid dienone is 1. The van der Waals surface area contributed by atoms with Crippen molar-refractivity contribution in [2.45, 2.75) is 44.6 Å². The number of benzene rings is 1. The number of ether oxygens (including phenoxy) is 1. The van der Waals surface area contributed by atoms with Crippen molar-refractivity contribution in [3.8, 4) is 0 Å². The lowest BCUT2D eigenvalue weighted by Crippen LogP contribution is -2.38. The zero-order valence-corrected chi connectivity index (χ0v) is 22.2. The van der Waals surface area contributed by atoms with Crippen LogP contribution >= 0.6 is 22.9 Å². The molecule has 1 aliphatic heterocycles. The predicted octanol–water partition coefficient (Wildman–Crippen LogP) is 5.64. The third-order valence-corrected chi connectivity index (χ3v) is 8.01. The van der Waals surface area contributed by atoms with E-state index in [1.165, 1.54) is 23.5 Å². The maximum absolute atomic E-state index is 14.5. The van der Waals surface area contributed by atoms with E-state index >= 15 is 0 Å². The highest BCUT2D eigenvalue weighted by atomic mass is 35.5. The number of carboxylic acid groups (broad SMARTS) is 1. The van der Waals surface area contributed by atoms with Gasteiger partial charge in [0, 0.05) is 34.8 Å². The molecule has 3 heterocycles. The Hall–Kier alpha value is -3.64. The van der Waals surface area contributed by atoms with Crippen LogP contribution < -0.4 is 5.32 Å². The van der Waals surface area contributed by atoms with Crippen molar-refractivity contribution >= 4 is 40.7 Å². The summed E-state index contributed by atoms with van der Waals surface area (Å²) in [7, 11) is 0. The summed E-state index contributed by atoms with van der Waals surface area (Å²) in [5.41, 5.74) is 0.704. The standard InChI is InChI=1S/C26H23ClF2N4O5S/c1-2-37-26(36)18-21(13-5-3-12(4-6-13)17-11-16(25(34)35)33-38-17)31-23(24-30-9-10-39-24)32-22(18)14-7-8-15(28)20(29)19(14)27/h7-13,22H,2-6H2,1H3,(H,31,32)(H,34,35). The molecule has 2 N–H and O–H groups in total. The fourth-order valence-electron chi connectivity index (χ4n) is 5.00. The topological polar surface area (TPSA) is 127 Å². The molecule has 1 fully saturated rings. The lowest BCUT2D eigenvalue weighted by molar-refractivity contribution is -0.139. The van der Waals surface area contributed by atoms with Crippen LogP contribution in [0, 0.1) is 17.6 Å². The van der Waals surface area contributed by atoms with Crippen molar-refractivity contribution in [1.29, 1.82) is 0 Å². The Labute approximate surface area is 230 Å². The number of thiazole rings is 1. The van der Waals surface area contributed by atoms with E-state index < -0.39 is 34.6 Å². The lowest BCUT2D eigenvalue weighted by atomic mass is 9.77. The molecule has 1 unspecified atom stereocenters. The number of carbonyl (C=O) groups is 2. The summed E-state index contributed by atoms with van der Waals surface area (Å²) in [5.74, 6) is -3.46. The Morgan fingerprint density at radius 2 is 1.97 bits per heavy atom. The molecule has 0 radical (unpaired) electrons. The molecular weight excluding hydrogens is 554 g/mol. The van der Waals surface area contributed by atoms with Crippen LogP contribution in [-0.2, 0) is 9.53 Å². The minimum absolute atomic E-state index is 0.0411. The summed E-state index contributed by atoms with van der Waals surface area (Å²) < 4.78 is 39.1. The number of nitrogens with one attached hydrogen (secondary N) is 1. The summed E-state index contributed by atoms with van der Waals surface area (Å²) in [6.45, 7) is 1.77. The van der Waals surface area contributed by atoms with Crippen LogP contribution in [0.25, 0.3) is 0 Å². The van der Waals surface area contributed by atoms with Gasteiger partial charge in [0.1, 0.15) is 11.8 Å². The number of hydrogen-bond donors (Lipinski definition) is 2. The fraction of sp³-hybridized carbons (Fsp3) is 0.346. The number of amidine groups is 1. The first kappa shape index (κ1) is 26.9. The number of nitrogens with zero attached hydrogens (tertiary/aromatic N) is 3. The number of carbonyl (C=O) groups excluding carboxylic acids is 1. The molecule has 39 heavy (non-hydrogen) atoms. The van der Waals surface area contributed by atoms with Gasteiger partial charge in [0.25, 0.3) is 0 Å². The molecule has 13 heteroatoms. The van der Waals surface area contributed by atoms with Crippen LogP contribution in [0.4, 0.5) is 8.78 Å². The first-order valence-electron chi connectivity index (χ1n) is 12.3. The van der Waals surface area contributed by atoms with Gasteiger partial charge >= 0.3 is 11.9 Å². The molecule has 1 saturated carbocycles.